The van der Waals surface area contributed by atoms with Crippen molar-refractivity contribution in [2.75, 3.05) is 7.11 Å². The molecule has 0 unspecified atom stereocenters. The van der Waals surface area contributed by atoms with Gasteiger partial charge in [-0.3, -0.25) is 4.98 Å². The van der Waals surface area contributed by atoms with Crippen LogP contribution in [0.25, 0.3) is 38.8 Å². The fraction of sp³-hybridized carbons (Fsp3) is 0.0800. The SMILES string of the molecule is COc1ccc(-c2cc(CO)ccn2)c(-n2c3ccccc3c3ccccc32)c1. The number of para-hydroxylation sites is 2. The van der Waals surface area contributed by atoms with Crippen molar-refractivity contribution < 1.29 is 9.84 Å². The molecule has 2 heterocycles. The molecule has 2 aromatic heterocycles. The van der Waals surface area contributed by atoms with Crippen LogP contribution >= 0.6 is 0 Å². The van der Waals surface area contributed by atoms with E-state index in [0.29, 0.717) is 0 Å². The summed E-state index contributed by atoms with van der Waals surface area (Å²) in [5.41, 5.74) is 5.87. The molecule has 0 atom stereocenters. The highest BCUT2D eigenvalue weighted by molar-refractivity contribution is 6.09. The molecule has 0 aliphatic heterocycles. The fourth-order valence-corrected chi connectivity index (χ4v) is 3.94. The molecular weight excluding hydrogens is 360 g/mol. The van der Waals surface area contributed by atoms with Gasteiger partial charge in [0.15, 0.2) is 0 Å². The predicted molar refractivity (Wildman–Crippen MR) is 116 cm³/mol. The molecule has 1 N–H and O–H groups in total. The molecule has 0 saturated carbocycles. The highest BCUT2D eigenvalue weighted by Gasteiger charge is 2.16. The number of nitrogens with zero attached hydrogens (tertiary/aromatic N) is 2. The van der Waals surface area contributed by atoms with Gasteiger partial charge in [0.2, 0.25) is 0 Å². The lowest BCUT2D eigenvalue weighted by atomic mass is 10.1. The average Bonchev–Trinajstić information content (AvgIpc) is 3.13. The van der Waals surface area contributed by atoms with Crippen molar-refractivity contribution in [1.82, 2.24) is 9.55 Å². The third kappa shape index (κ3) is 2.85. The molecule has 5 aromatic rings. The normalized spacial score (nSPS) is 11.2. The smallest absolute Gasteiger partial charge is 0.120 e. The van der Waals surface area contributed by atoms with Gasteiger partial charge in [-0.15, -0.1) is 0 Å². The lowest BCUT2D eigenvalue weighted by molar-refractivity contribution is 0.282. The van der Waals surface area contributed by atoms with Crippen molar-refractivity contribution >= 4 is 21.8 Å². The lowest BCUT2D eigenvalue weighted by Gasteiger charge is -2.15. The number of pyridine rings is 1. The molecule has 0 aliphatic rings. The molecule has 0 radical (unpaired) electrons. The minimum Gasteiger partial charge on any atom is -0.497 e. The van der Waals surface area contributed by atoms with Crippen LogP contribution in [0.15, 0.2) is 85.1 Å². The second kappa shape index (κ2) is 7.08. The Labute approximate surface area is 168 Å². The number of hydrogen-bond donors (Lipinski definition) is 1. The molecular formula is C25H20N2O2. The molecule has 5 rings (SSSR count). The molecule has 0 fully saturated rings. The maximum atomic E-state index is 9.57. The van der Waals surface area contributed by atoms with Crippen LogP contribution in [0.1, 0.15) is 5.56 Å². The number of methoxy groups -OCH3 is 1. The summed E-state index contributed by atoms with van der Waals surface area (Å²) in [7, 11) is 1.68. The first kappa shape index (κ1) is 17.5. The molecule has 0 amide bonds. The van der Waals surface area contributed by atoms with Crippen molar-refractivity contribution in [2.24, 2.45) is 0 Å². The second-order valence-corrected chi connectivity index (χ2v) is 6.96. The topological polar surface area (TPSA) is 47.3 Å². The van der Waals surface area contributed by atoms with Crippen LogP contribution in [0, 0.1) is 0 Å². The minimum atomic E-state index is -0.0175. The molecule has 3 aromatic carbocycles. The number of aliphatic hydroxyl groups is 1. The standard InChI is InChI=1S/C25H20N2O2/c1-29-18-10-11-21(22-14-17(16-28)12-13-26-22)25(15-18)27-23-8-4-2-6-19(23)20-7-3-5-9-24(20)27/h2-15,28H,16H2,1H3. The average molecular weight is 380 g/mol. The maximum absolute atomic E-state index is 9.57. The van der Waals surface area contributed by atoms with E-state index in [1.165, 1.54) is 10.8 Å². The lowest BCUT2D eigenvalue weighted by Crippen LogP contribution is -1.99. The van der Waals surface area contributed by atoms with E-state index in [0.717, 1.165) is 39.3 Å². The van der Waals surface area contributed by atoms with Crippen LogP contribution in [0.4, 0.5) is 0 Å². The van der Waals surface area contributed by atoms with Crippen molar-refractivity contribution in [3.63, 3.8) is 0 Å². The molecule has 0 bridgehead atoms. The van der Waals surface area contributed by atoms with Gasteiger partial charge in [-0.25, -0.2) is 0 Å². The highest BCUT2D eigenvalue weighted by Crippen LogP contribution is 2.37. The van der Waals surface area contributed by atoms with E-state index in [1.54, 1.807) is 13.3 Å². The van der Waals surface area contributed by atoms with E-state index >= 15 is 0 Å². The van der Waals surface area contributed by atoms with Crippen molar-refractivity contribution in [1.29, 1.82) is 0 Å². The first-order chi connectivity index (χ1) is 14.3. The van der Waals surface area contributed by atoms with Gasteiger partial charge in [-0.05, 0) is 42.0 Å². The zero-order valence-corrected chi connectivity index (χ0v) is 16.0. The summed E-state index contributed by atoms with van der Waals surface area (Å²) < 4.78 is 7.80. The Morgan fingerprint density at radius 3 is 2.21 bits per heavy atom. The van der Waals surface area contributed by atoms with Gasteiger partial charge >= 0.3 is 0 Å². The van der Waals surface area contributed by atoms with Crippen LogP contribution in [-0.4, -0.2) is 21.8 Å². The van der Waals surface area contributed by atoms with Crippen LogP contribution in [-0.2, 0) is 6.61 Å². The molecule has 142 valence electrons. The summed E-state index contributed by atoms with van der Waals surface area (Å²) in [5, 5.41) is 12.0. The molecule has 0 saturated heterocycles. The van der Waals surface area contributed by atoms with E-state index in [9.17, 15) is 5.11 Å². The van der Waals surface area contributed by atoms with Gasteiger partial charge in [0.25, 0.3) is 0 Å². The predicted octanol–water partition coefficient (Wildman–Crippen LogP) is 5.35. The Balaban J connectivity index is 1.88. The van der Waals surface area contributed by atoms with Gasteiger partial charge in [0.05, 0.1) is 36.1 Å². The van der Waals surface area contributed by atoms with E-state index in [4.69, 9.17) is 4.74 Å². The van der Waals surface area contributed by atoms with Gasteiger partial charge in [-0.1, -0.05) is 36.4 Å². The summed E-state index contributed by atoms with van der Waals surface area (Å²) in [6.07, 6.45) is 1.74. The fourth-order valence-electron chi connectivity index (χ4n) is 3.94. The number of aromatic nitrogens is 2. The number of fused-ring (bicyclic) bond motifs is 3. The van der Waals surface area contributed by atoms with Gasteiger partial charge in [-0.2, -0.15) is 0 Å². The molecule has 29 heavy (non-hydrogen) atoms. The largest absolute Gasteiger partial charge is 0.497 e. The second-order valence-electron chi connectivity index (χ2n) is 6.96. The third-order valence-electron chi connectivity index (χ3n) is 5.31. The quantitative estimate of drug-likeness (QED) is 0.457. The first-order valence-corrected chi connectivity index (χ1v) is 9.53. The summed E-state index contributed by atoms with van der Waals surface area (Å²) >= 11 is 0. The summed E-state index contributed by atoms with van der Waals surface area (Å²) in [4.78, 5) is 4.58. The Bertz CT molecular complexity index is 1280. The van der Waals surface area contributed by atoms with Crippen molar-refractivity contribution in [2.45, 2.75) is 6.61 Å². The Morgan fingerprint density at radius 2 is 1.55 bits per heavy atom. The number of rotatable bonds is 4. The monoisotopic (exact) mass is 380 g/mol. The summed E-state index contributed by atoms with van der Waals surface area (Å²) in [6, 6.07) is 26.6. The van der Waals surface area contributed by atoms with E-state index in [-0.39, 0.29) is 6.61 Å². The Morgan fingerprint density at radius 1 is 0.862 bits per heavy atom. The van der Waals surface area contributed by atoms with Crippen molar-refractivity contribution in [3.05, 3.63) is 90.6 Å². The van der Waals surface area contributed by atoms with Crippen molar-refractivity contribution in [3.8, 4) is 22.7 Å². The first-order valence-electron chi connectivity index (χ1n) is 9.53. The van der Waals surface area contributed by atoms with E-state index < -0.39 is 0 Å². The Kier molecular flexibility index (Phi) is 4.26. The maximum Gasteiger partial charge on any atom is 0.120 e. The van der Waals surface area contributed by atoms with Gasteiger partial charge < -0.3 is 14.4 Å². The number of ether oxygens (including phenoxy) is 1. The van der Waals surface area contributed by atoms with Crippen LogP contribution in [0.3, 0.4) is 0 Å². The van der Waals surface area contributed by atoms with Crippen LogP contribution in [0.5, 0.6) is 5.75 Å². The van der Waals surface area contributed by atoms with E-state index in [2.05, 4.69) is 58.1 Å². The highest BCUT2D eigenvalue weighted by atomic mass is 16.5. The number of aliphatic hydroxyl groups excluding tert-OH is 1. The number of hydrogen-bond acceptors (Lipinski definition) is 3. The van der Waals surface area contributed by atoms with E-state index in [1.807, 2.05) is 30.3 Å². The molecule has 4 nitrogen and oxygen atoms in total. The zero-order chi connectivity index (χ0) is 19.8. The Hall–Kier alpha value is -3.63. The van der Waals surface area contributed by atoms with Crippen LogP contribution in [0.2, 0.25) is 0 Å². The molecule has 0 spiro atoms. The molecule has 4 heteroatoms. The summed E-state index contributed by atoms with van der Waals surface area (Å²) in [5.74, 6) is 0.781. The summed E-state index contributed by atoms with van der Waals surface area (Å²) in [6.45, 7) is -0.0175. The molecule has 0 aliphatic carbocycles. The zero-order valence-electron chi connectivity index (χ0n) is 16.0. The van der Waals surface area contributed by atoms with Gasteiger partial charge in [0.1, 0.15) is 5.75 Å². The third-order valence-corrected chi connectivity index (χ3v) is 5.31. The minimum absolute atomic E-state index is 0.0175. The number of benzene rings is 3. The van der Waals surface area contributed by atoms with Crippen LogP contribution < -0.4 is 4.74 Å². The van der Waals surface area contributed by atoms with Gasteiger partial charge in [0, 0.05) is 28.6 Å².